The maximum Gasteiger partial charge on any atom is 0.245 e. The molecule has 2 saturated heterocycles. The fraction of sp³-hybridized carbons (Fsp3) is 0.455. The summed E-state index contributed by atoms with van der Waals surface area (Å²) in [6, 6.07) is 8.51. The predicted molar refractivity (Wildman–Crippen MR) is 119 cm³/mol. The predicted octanol–water partition coefficient (Wildman–Crippen LogP) is 2.77. The van der Waals surface area contributed by atoms with Gasteiger partial charge in [-0.1, -0.05) is 23.7 Å². The van der Waals surface area contributed by atoms with Gasteiger partial charge < -0.3 is 9.80 Å². The van der Waals surface area contributed by atoms with Gasteiger partial charge in [-0.3, -0.25) is 9.59 Å². The Kier molecular flexibility index (Phi) is 6.23. The number of carbonyl (C=O) groups excluding carboxylic acids is 2. The highest BCUT2D eigenvalue weighted by Gasteiger charge is 2.40. The number of benzene rings is 2. The molecule has 0 aromatic heterocycles. The molecule has 2 amide bonds. The molecule has 2 aliphatic heterocycles. The lowest BCUT2D eigenvalue weighted by atomic mass is 10.1. The Morgan fingerprint density at radius 1 is 1.06 bits per heavy atom. The van der Waals surface area contributed by atoms with E-state index in [-0.39, 0.29) is 16.7 Å². The lowest BCUT2D eigenvalue weighted by Crippen LogP contribution is -2.51. The van der Waals surface area contributed by atoms with Crippen LogP contribution in [0, 0.1) is 0 Å². The van der Waals surface area contributed by atoms with E-state index in [4.69, 9.17) is 11.6 Å². The molecular weight excluding hydrogens is 438 g/mol. The van der Waals surface area contributed by atoms with Crippen LogP contribution in [0.2, 0.25) is 5.02 Å². The lowest BCUT2D eigenvalue weighted by Gasteiger charge is -2.32. The molecule has 4 rings (SSSR count). The maximum atomic E-state index is 12.9. The standard InChI is InChI=1S/C22H26ClN3O4S/c1-15(21(27)25-10-3-2-4-11-25)26-12-9-20(22(26)28)24-31(29,30)19-8-6-16-13-18(23)7-5-17(16)14-19/h5-8,13-15,20,24H,2-4,9-12H2,1H3/t15-,20+/m0/s1. The summed E-state index contributed by atoms with van der Waals surface area (Å²) < 4.78 is 28.4. The minimum Gasteiger partial charge on any atom is -0.341 e. The maximum absolute atomic E-state index is 12.9. The number of likely N-dealkylation sites (tertiary alicyclic amines) is 2. The first-order valence-corrected chi connectivity index (χ1v) is 12.4. The Labute approximate surface area is 187 Å². The van der Waals surface area contributed by atoms with Crippen molar-refractivity contribution in [2.75, 3.05) is 19.6 Å². The molecule has 0 bridgehead atoms. The molecule has 0 saturated carbocycles. The Hall–Kier alpha value is -2.16. The monoisotopic (exact) mass is 463 g/mol. The third-order valence-electron chi connectivity index (χ3n) is 6.11. The molecule has 2 heterocycles. The second-order valence-electron chi connectivity index (χ2n) is 8.21. The van der Waals surface area contributed by atoms with Crippen molar-refractivity contribution in [3.05, 3.63) is 41.4 Å². The molecular formula is C22H26ClN3O4S. The van der Waals surface area contributed by atoms with E-state index < -0.39 is 22.1 Å². The van der Waals surface area contributed by atoms with Crippen molar-refractivity contribution < 1.29 is 18.0 Å². The summed E-state index contributed by atoms with van der Waals surface area (Å²) in [5.41, 5.74) is 0. The molecule has 2 atom stereocenters. The average molecular weight is 464 g/mol. The summed E-state index contributed by atoms with van der Waals surface area (Å²) in [7, 11) is -3.89. The van der Waals surface area contributed by atoms with E-state index in [2.05, 4.69) is 4.72 Å². The van der Waals surface area contributed by atoms with Crippen LogP contribution in [-0.4, -0.2) is 61.7 Å². The van der Waals surface area contributed by atoms with Crippen molar-refractivity contribution in [2.24, 2.45) is 0 Å². The number of fused-ring (bicyclic) bond motifs is 1. The van der Waals surface area contributed by atoms with E-state index in [1.165, 1.54) is 11.0 Å². The zero-order valence-corrected chi connectivity index (χ0v) is 19.0. The summed E-state index contributed by atoms with van der Waals surface area (Å²) in [6.45, 7) is 3.51. The summed E-state index contributed by atoms with van der Waals surface area (Å²) in [5, 5.41) is 2.15. The van der Waals surface area contributed by atoms with Gasteiger partial charge in [-0.2, -0.15) is 4.72 Å². The molecule has 166 valence electrons. The summed E-state index contributed by atoms with van der Waals surface area (Å²) in [4.78, 5) is 29.1. The third-order valence-corrected chi connectivity index (χ3v) is 7.82. The minimum absolute atomic E-state index is 0.0650. The zero-order valence-electron chi connectivity index (χ0n) is 17.4. The average Bonchev–Trinajstić information content (AvgIpc) is 3.12. The van der Waals surface area contributed by atoms with Crippen LogP contribution in [-0.2, 0) is 19.6 Å². The van der Waals surface area contributed by atoms with E-state index in [0.29, 0.717) is 31.1 Å². The van der Waals surface area contributed by atoms with Crippen LogP contribution < -0.4 is 4.72 Å². The van der Waals surface area contributed by atoms with Crippen LogP contribution in [0.4, 0.5) is 0 Å². The molecule has 2 fully saturated rings. The molecule has 9 heteroatoms. The van der Waals surface area contributed by atoms with E-state index in [1.54, 1.807) is 42.2 Å². The van der Waals surface area contributed by atoms with E-state index >= 15 is 0 Å². The summed E-state index contributed by atoms with van der Waals surface area (Å²) in [5.74, 6) is -0.418. The van der Waals surface area contributed by atoms with Crippen molar-refractivity contribution >= 4 is 44.2 Å². The molecule has 7 nitrogen and oxygen atoms in total. The van der Waals surface area contributed by atoms with E-state index in [1.807, 2.05) is 0 Å². The van der Waals surface area contributed by atoms with Crippen molar-refractivity contribution in [1.82, 2.24) is 14.5 Å². The van der Waals surface area contributed by atoms with Gasteiger partial charge in [0.15, 0.2) is 0 Å². The highest BCUT2D eigenvalue weighted by Crippen LogP contribution is 2.24. The van der Waals surface area contributed by atoms with Gasteiger partial charge in [-0.05, 0) is 67.6 Å². The van der Waals surface area contributed by atoms with Crippen molar-refractivity contribution in [3.8, 4) is 0 Å². The van der Waals surface area contributed by atoms with Crippen LogP contribution in [0.15, 0.2) is 41.3 Å². The number of rotatable bonds is 5. The SMILES string of the molecule is C[C@@H](C(=O)N1CCCCC1)N1CC[C@@H](NS(=O)(=O)c2ccc3cc(Cl)ccc3c2)C1=O. The van der Waals surface area contributed by atoms with Crippen LogP contribution >= 0.6 is 11.6 Å². The van der Waals surface area contributed by atoms with Gasteiger partial charge in [0.1, 0.15) is 12.1 Å². The molecule has 0 radical (unpaired) electrons. The summed E-state index contributed by atoms with van der Waals surface area (Å²) in [6.07, 6.45) is 3.41. The Balaban J connectivity index is 1.46. The number of sulfonamides is 1. The zero-order chi connectivity index (χ0) is 22.2. The van der Waals surface area contributed by atoms with Crippen LogP contribution in [0.25, 0.3) is 10.8 Å². The number of halogens is 1. The molecule has 0 aliphatic carbocycles. The Morgan fingerprint density at radius 2 is 1.74 bits per heavy atom. The number of piperidine rings is 1. The molecule has 0 unspecified atom stereocenters. The molecule has 2 aromatic carbocycles. The topological polar surface area (TPSA) is 86.8 Å². The number of carbonyl (C=O) groups is 2. The van der Waals surface area contributed by atoms with E-state index in [0.717, 1.165) is 30.0 Å². The number of hydrogen-bond donors (Lipinski definition) is 1. The first kappa shape index (κ1) is 22.0. The van der Waals surface area contributed by atoms with Gasteiger partial charge in [0.25, 0.3) is 0 Å². The fourth-order valence-corrected chi connectivity index (χ4v) is 5.76. The molecule has 2 aromatic rings. The molecule has 0 spiro atoms. The third kappa shape index (κ3) is 4.56. The smallest absolute Gasteiger partial charge is 0.245 e. The highest BCUT2D eigenvalue weighted by molar-refractivity contribution is 7.89. The van der Waals surface area contributed by atoms with Gasteiger partial charge >= 0.3 is 0 Å². The van der Waals surface area contributed by atoms with Gasteiger partial charge in [0.2, 0.25) is 21.8 Å². The van der Waals surface area contributed by atoms with Crippen LogP contribution in [0.1, 0.15) is 32.6 Å². The molecule has 2 aliphatic rings. The van der Waals surface area contributed by atoms with Gasteiger partial charge in [0.05, 0.1) is 4.90 Å². The number of nitrogens with one attached hydrogen (secondary N) is 1. The van der Waals surface area contributed by atoms with Crippen molar-refractivity contribution in [1.29, 1.82) is 0 Å². The summed E-state index contributed by atoms with van der Waals surface area (Å²) >= 11 is 5.99. The van der Waals surface area contributed by atoms with Crippen LogP contribution in [0.3, 0.4) is 0 Å². The second kappa shape index (κ2) is 8.76. The van der Waals surface area contributed by atoms with Crippen molar-refractivity contribution in [2.45, 2.75) is 49.6 Å². The second-order valence-corrected chi connectivity index (χ2v) is 10.4. The molecule has 31 heavy (non-hydrogen) atoms. The lowest BCUT2D eigenvalue weighted by molar-refractivity contribution is -0.143. The number of nitrogens with zero attached hydrogens (tertiary/aromatic N) is 2. The van der Waals surface area contributed by atoms with Crippen LogP contribution in [0.5, 0.6) is 0 Å². The Morgan fingerprint density at radius 3 is 2.48 bits per heavy atom. The molecule has 1 N–H and O–H groups in total. The van der Waals surface area contributed by atoms with Gasteiger partial charge in [-0.15, -0.1) is 0 Å². The first-order valence-electron chi connectivity index (χ1n) is 10.6. The largest absolute Gasteiger partial charge is 0.341 e. The normalized spacial score (nSPS) is 21.0. The van der Waals surface area contributed by atoms with Crippen molar-refractivity contribution in [3.63, 3.8) is 0 Å². The van der Waals surface area contributed by atoms with Gasteiger partial charge in [-0.25, -0.2) is 8.42 Å². The number of hydrogen-bond acceptors (Lipinski definition) is 4. The Bertz CT molecular complexity index is 1110. The van der Waals surface area contributed by atoms with E-state index in [9.17, 15) is 18.0 Å². The number of amides is 2. The quantitative estimate of drug-likeness (QED) is 0.738. The highest BCUT2D eigenvalue weighted by atomic mass is 35.5. The minimum atomic E-state index is -3.89. The van der Waals surface area contributed by atoms with Gasteiger partial charge in [0, 0.05) is 24.7 Å². The fourth-order valence-electron chi connectivity index (χ4n) is 4.32. The first-order chi connectivity index (χ1) is 14.8.